The second-order valence-corrected chi connectivity index (χ2v) is 5.17. The highest BCUT2D eigenvalue weighted by Gasteiger charge is 2.05. The summed E-state index contributed by atoms with van der Waals surface area (Å²) < 4.78 is 0. The molecule has 2 N–H and O–H groups in total. The molecule has 23 heavy (non-hydrogen) atoms. The normalized spacial score (nSPS) is 17.0. The molecule has 0 aromatic rings. The Balaban J connectivity index is 1.53. The summed E-state index contributed by atoms with van der Waals surface area (Å²) in [5.74, 6) is -0.124. The van der Waals surface area contributed by atoms with E-state index in [0.717, 1.165) is 0 Å². The first-order chi connectivity index (χ1) is 11.2. The lowest BCUT2D eigenvalue weighted by Crippen LogP contribution is -2.20. The van der Waals surface area contributed by atoms with Crippen molar-refractivity contribution in [1.82, 2.24) is 10.9 Å². The third-order valence-electron chi connectivity index (χ3n) is 3.24. The predicted molar refractivity (Wildman–Crippen MR) is 90.7 cm³/mol. The van der Waals surface area contributed by atoms with Gasteiger partial charge in [0.25, 0.3) is 0 Å². The minimum absolute atomic E-state index is 0.142. The first-order valence-corrected chi connectivity index (χ1v) is 7.58. The number of nitrogens with zero attached hydrogens (tertiary/aromatic N) is 2. The second-order valence-electron chi connectivity index (χ2n) is 5.17. The van der Waals surface area contributed by atoms with E-state index in [-0.39, 0.29) is 36.5 Å². The number of carbonyl (C=O) groups is 2. The number of rotatable bonds is 8. The van der Waals surface area contributed by atoms with Crippen LogP contribution in [-0.4, -0.2) is 24.2 Å². The molecule has 0 heterocycles. The van der Waals surface area contributed by atoms with Gasteiger partial charge < -0.3 is 0 Å². The first kappa shape index (κ1) is 16.6. The molecule has 120 valence electrons. The van der Waals surface area contributed by atoms with Crippen LogP contribution in [0, 0.1) is 11.8 Å². The molecule has 0 radical (unpaired) electrons. The zero-order valence-electron chi connectivity index (χ0n) is 12.8. The summed E-state index contributed by atoms with van der Waals surface area (Å²) in [4.78, 5) is 23.1. The summed E-state index contributed by atoms with van der Waals surface area (Å²) in [5.41, 5.74) is 4.90. The van der Waals surface area contributed by atoms with Crippen LogP contribution in [0.4, 0.5) is 0 Å². The fraction of sp³-hybridized carbons (Fsp3) is 0.294. The Labute approximate surface area is 135 Å². The van der Waals surface area contributed by atoms with E-state index in [2.05, 4.69) is 21.1 Å². The van der Waals surface area contributed by atoms with E-state index < -0.39 is 0 Å². The van der Waals surface area contributed by atoms with Crippen molar-refractivity contribution in [1.29, 1.82) is 0 Å². The summed E-state index contributed by atoms with van der Waals surface area (Å²) in [6, 6.07) is 0. The van der Waals surface area contributed by atoms with Crippen LogP contribution >= 0.6 is 0 Å². The Morgan fingerprint density at radius 2 is 1.17 bits per heavy atom. The molecule has 2 rings (SSSR count). The number of nitrogens with one attached hydrogen (secondary N) is 2. The molecule has 0 aromatic heterocycles. The van der Waals surface area contributed by atoms with Gasteiger partial charge in [-0.15, -0.1) is 0 Å². The van der Waals surface area contributed by atoms with Gasteiger partial charge in [-0.1, -0.05) is 48.6 Å². The van der Waals surface area contributed by atoms with Gasteiger partial charge in [0.15, 0.2) is 0 Å². The number of carbonyl (C=O) groups excluding carboxylic acids is 2. The molecule has 0 aromatic carbocycles. The Morgan fingerprint density at radius 1 is 0.783 bits per heavy atom. The van der Waals surface area contributed by atoms with Gasteiger partial charge in [0, 0.05) is 37.1 Å². The zero-order valence-corrected chi connectivity index (χ0v) is 12.8. The van der Waals surface area contributed by atoms with E-state index >= 15 is 0 Å². The first-order valence-electron chi connectivity index (χ1n) is 7.58. The van der Waals surface area contributed by atoms with Crippen molar-refractivity contribution in [2.24, 2.45) is 22.0 Å². The van der Waals surface area contributed by atoms with Gasteiger partial charge in [-0.3, -0.25) is 9.59 Å². The topological polar surface area (TPSA) is 82.9 Å². The van der Waals surface area contributed by atoms with E-state index in [1.165, 1.54) is 0 Å². The number of hydrogen-bond donors (Lipinski definition) is 2. The summed E-state index contributed by atoms with van der Waals surface area (Å²) in [6.07, 6.45) is 19.9. The van der Waals surface area contributed by atoms with Gasteiger partial charge in [0.1, 0.15) is 0 Å². The molecule has 6 nitrogen and oxygen atoms in total. The van der Waals surface area contributed by atoms with Crippen LogP contribution in [0.1, 0.15) is 19.3 Å². The van der Waals surface area contributed by atoms with Crippen LogP contribution in [0.3, 0.4) is 0 Å². The quantitative estimate of drug-likeness (QED) is 0.529. The molecule has 0 spiro atoms. The second kappa shape index (κ2) is 9.30. The fourth-order valence-corrected chi connectivity index (χ4v) is 2.01. The minimum atomic E-state index is -0.204. The highest BCUT2D eigenvalue weighted by atomic mass is 16.2. The lowest BCUT2D eigenvalue weighted by atomic mass is 10.2. The average molecular weight is 312 g/mol. The monoisotopic (exact) mass is 312 g/mol. The molecule has 0 aliphatic heterocycles. The zero-order chi connectivity index (χ0) is 16.3. The summed E-state index contributed by atoms with van der Waals surface area (Å²) >= 11 is 0. The number of amides is 2. The molecule has 6 heteroatoms. The smallest absolute Gasteiger partial charge is 0.240 e. The summed E-state index contributed by atoms with van der Waals surface area (Å²) in [5, 5.41) is 7.76. The highest BCUT2D eigenvalue weighted by Crippen LogP contribution is 2.05. The third kappa shape index (κ3) is 6.69. The van der Waals surface area contributed by atoms with Crippen LogP contribution in [-0.2, 0) is 9.59 Å². The van der Waals surface area contributed by atoms with Crippen LogP contribution in [0.2, 0.25) is 0 Å². The fourth-order valence-electron chi connectivity index (χ4n) is 2.01. The number of hydrazone groups is 2. The van der Waals surface area contributed by atoms with Crippen molar-refractivity contribution in [3.05, 3.63) is 48.6 Å². The standard InChI is InChI=1S/C17H20N4O2/c22-16(20-18-12-14-6-1-2-7-14)10-5-11-17(23)21-19-13-15-8-3-4-9-15/h1-4,6-9,12-15H,5,10-11H2,(H,20,22)(H,21,23)/b18-12+,19-13+. The molecular formula is C17H20N4O2. The maximum Gasteiger partial charge on any atom is 0.240 e. The van der Waals surface area contributed by atoms with Gasteiger partial charge in [0.2, 0.25) is 11.8 Å². The molecule has 2 aliphatic carbocycles. The Bertz CT molecular complexity index is 524. The molecule has 0 saturated carbocycles. The molecule has 2 amide bonds. The molecule has 0 saturated heterocycles. The third-order valence-corrected chi connectivity index (χ3v) is 3.24. The largest absolute Gasteiger partial charge is 0.273 e. The Hall–Kier alpha value is -2.76. The average Bonchev–Trinajstić information content (AvgIpc) is 3.20. The summed E-state index contributed by atoms with van der Waals surface area (Å²) in [6.45, 7) is 0. The van der Waals surface area contributed by atoms with Crippen molar-refractivity contribution < 1.29 is 9.59 Å². The van der Waals surface area contributed by atoms with Crippen molar-refractivity contribution in [3.63, 3.8) is 0 Å². The molecule has 2 aliphatic rings. The Morgan fingerprint density at radius 3 is 1.57 bits per heavy atom. The lowest BCUT2D eigenvalue weighted by Gasteiger charge is -2.01. The van der Waals surface area contributed by atoms with E-state index in [9.17, 15) is 9.59 Å². The van der Waals surface area contributed by atoms with Gasteiger partial charge in [0.05, 0.1) is 0 Å². The SMILES string of the molecule is O=C(CCCC(=O)N/N=C/C1C=CC=C1)N/N=C/C1C=CC=C1. The minimum Gasteiger partial charge on any atom is -0.273 e. The van der Waals surface area contributed by atoms with Crippen molar-refractivity contribution >= 4 is 24.2 Å². The maximum atomic E-state index is 11.5. The van der Waals surface area contributed by atoms with E-state index in [1.807, 2.05) is 48.6 Å². The van der Waals surface area contributed by atoms with E-state index in [0.29, 0.717) is 6.42 Å². The molecular weight excluding hydrogens is 292 g/mol. The molecule has 0 unspecified atom stereocenters. The van der Waals surface area contributed by atoms with Crippen LogP contribution in [0.25, 0.3) is 0 Å². The van der Waals surface area contributed by atoms with Gasteiger partial charge in [-0.25, -0.2) is 10.9 Å². The van der Waals surface area contributed by atoms with Crippen LogP contribution < -0.4 is 10.9 Å². The van der Waals surface area contributed by atoms with Gasteiger partial charge >= 0.3 is 0 Å². The molecule has 0 atom stereocenters. The van der Waals surface area contributed by atoms with Gasteiger partial charge in [-0.2, -0.15) is 10.2 Å². The van der Waals surface area contributed by atoms with E-state index in [4.69, 9.17) is 0 Å². The highest BCUT2D eigenvalue weighted by molar-refractivity contribution is 5.80. The van der Waals surface area contributed by atoms with Crippen LogP contribution in [0.5, 0.6) is 0 Å². The predicted octanol–water partition coefficient (Wildman–Crippen LogP) is 1.85. The van der Waals surface area contributed by atoms with E-state index in [1.54, 1.807) is 12.4 Å². The maximum absolute atomic E-state index is 11.5. The lowest BCUT2D eigenvalue weighted by molar-refractivity contribution is -0.122. The Kier molecular flexibility index (Phi) is 6.71. The molecule has 0 fully saturated rings. The van der Waals surface area contributed by atoms with Crippen LogP contribution in [0.15, 0.2) is 58.8 Å². The number of hydrogen-bond acceptors (Lipinski definition) is 4. The van der Waals surface area contributed by atoms with Crippen molar-refractivity contribution in [2.75, 3.05) is 0 Å². The number of allylic oxidation sites excluding steroid dienone is 8. The summed E-state index contributed by atoms with van der Waals surface area (Å²) in [7, 11) is 0. The van der Waals surface area contributed by atoms with Crippen molar-refractivity contribution in [3.8, 4) is 0 Å². The van der Waals surface area contributed by atoms with Gasteiger partial charge in [-0.05, 0) is 6.42 Å². The molecule has 0 bridgehead atoms. The van der Waals surface area contributed by atoms with Crippen molar-refractivity contribution in [2.45, 2.75) is 19.3 Å².